The molecular formula is C13H13BrN2OS. The number of thiophene rings is 1. The first-order valence-electron chi connectivity index (χ1n) is 5.59. The van der Waals surface area contributed by atoms with Crippen molar-refractivity contribution in [1.29, 1.82) is 0 Å². The molecule has 0 aliphatic heterocycles. The first kappa shape index (κ1) is 13.2. The molecule has 0 saturated carbocycles. The zero-order valence-electron chi connectivity index (χ0n) is 9.94. The summed E-state index contributed by atoms with van der Waals surface area (Å²) in [7, 11) is 0. The van der Waals surface area contributed by atoms with Gasteiger partial charge in [-0.05, 0) is 42.5 Å². The lowest BCUT2D eigenvalue weighted by atomic mass is 10.2. The lowest BCUT2D eigenvalue weighted by Crippen LogP contribution is -2.13. The number of aromatic nitrogens is 1. The van der Waals surface area contributed by atoms with Crippen molar-refractivity contribution in [3.63, 3.8) is 0 Å². The molecule has 0 atom stereocenters. The molecule has 2 heterocycles. The van der Waals surface area contributed by atoms with Crippen LogP contribution in [0.3, 0.4) is 0 Å². The molecule has 94 valence electrons. The molecule has 0 bridgehead atoms. The van der Waals surface area contributed by atoms with Crippen LogP contribution in [0.1, 0.15) is 16.9 Å². The summed E-state index contributed by atoms with van der Waals surface area (Å²) in [4.78, 5) is 17.1. The normalized spacial score (nSPS) is 10.3. The molecule has 0 fully saturated rings. The van der Waals surface area contributed by atoms with E-state index >= 15 is 0 Å². The highest BCUT2D eigenvalue weighted by Crippen LogP contribution is 2.18. The van der Waals surface area contributed by atoms with Crippen molar-refractivity contribution in [2.45, 2.75) is 19.8 Å². The van der Waals surface area contributed by atoms with Gasteiger partial charge in [0, 0.05) is 22.0 Å². The van der Waals surface area contributed by atoms with Gasteiger partial charge < -0.3 is 5.32 Å². The predicted molar refractivity (Wildman–Crippen MR) is 77.9 cm³/mol. The molecule has 1 amide bonds. The Morgan fingerprint density at radius 1 is 1.50 bits per heavy atom. The second-order valence-corrected chi connectivity index (χ2v) is 5.85. The minimum Gasteiger partial charge on any atom is -0.311 e. The maximum Gasteiger partial charge on any atom is 0.225 e. The average Bonchev–Trinajstić information content (AvgIpc) is 2.72. The van der Waals surface area contributed by atoms with Gasteiger partial charge in [0.05, 0.1) is 0 Å². The molecule has 2 aromatic heterocycles. The molecule has 0 saturated heterocycles. The molecule has 2 rings (SSSR count). The Kier molecular flexibility index (Phi) is 4.49. The zero-order valence-corrected chi connectivity index (χ0v) is 12.3. The molecule has 1 N–H and O–H groups in total. The largest absolute Gasteiger partial charge is 0.311 e. The van der Waals surface area contributed by atoms with Crippen LogP contribution in [0.25, 0.3) is 0 Å². The van der Waals surface area contributed by atoms with Crippen molar-refractivity contribution < 1.29 is 4.79 Å². The average molecular weight is 325 g/mol. The van der Waals surface area contributed by atoms with E-state index in [1.165, 1.54) is 10.4 Å². The first-order chi connectivity index (χ1) is 8.65. The number of hydrogen-bond donors (Lipinski definition) is 1. The second-order valence-electron chi connectivity index (χ2n) is 3.93. The number of anilines is 1. The van der Waals surface area contributed by atoms with Crippen LogP contribution in [-0.4, -0.2) is 10.9 Å². The van der Waals surface area contributed by atoms with E-state index in [9.17, 15) is 4.79 Å². The summed E-state index contributed by atoms with van der Waals surface area (Å²) in [6, 6.07) is 5.69. The Hall–Kier alpha value is -1.20. The minimum absolute atomic E-state index is 0.00611. The number of hydrogen-bond acceptors (Lipinski definition) is 3. The third-order valence-electron chi connectivity index (χ3n) is 2.54. The number of carbonyl (C=O) groups is 1. The lowest BCUT2D eigenvalue weighted by molar-refractivity contribution is -0.116. The van der Waals surface area contributed by atoms with Gasteiger partial charge >= 0.3 is 0 Å². The van der Waals surface area contributed by atoms with Crippen LogP contribution in [0.15, 0.2) is 34.2 Å². The Morgan fingerprint density at radius 3 is 3.00 bits per heavy atom. The van der Waals surface area contributed by atoms with Crippen molar-refractivity contribution in [2.75, 3.05) is 5.32 Å². The van der Waals surface area contributed by atoms with E-state index in [4.69, 9.17) is 0 Å². The van der Waals surface area contributed by atoms with E-state index in [0.717, 1.165) is 10.9 Å². The van der Waals surface area contributed by atoms with Crippen LogP contribution >= 0.6 is 27.3 Å². The monoisotopic (exact) mass is 324 g/mol. The number of nitrogens with one attached hydrogen (secondary N) is 1. The van der Waals surface area contributed by atoms with Crippen molar-refractivity contribution in [3.05, 3.63) is 44.7 Å². The van der Waals surface area contributed by atoms with Crippen LogP contribution in [-0.2, 0) is 11.2 Å². The molecular weight excluding hydrogens is 312 g/mol. The van der Waals surface area contributed by atoms with Crippen molar-refractivity contribution in [1.82, 2.24) is 4.98 Å². The molecule has 0 radical (unpaired) electrons. The topological polar surface area (TPSA) is 42.0 Å². The third-order valence-corrected chi connectivity index (χ3v) is 4.11. The molecule has 18 heavy (non-hydrogen) atoms. The smallest absolute Gasteiger partial charge is 0.225 e. The van der Waals surface area contributed by atoms with Gasteiger partial charge in [0.1, 0.15) is 5.82 Å². The highest BCUT2D eigenvalue weighted by molar-refractivity contribution is 9.10. The van der Waals surface area contributed by atoms with Gasteiger partial charge in [-0.1, -0.05) is 15.9 Å². The first-order valence-corrected chi connectivity index (χ1v) is 7.27. The summed E-state index contributed by atoms with van der Waals surface area (Å²) in [5, 5.41) is 4.84. The SMILES string of the molecule is Cc1ccsc1CCC(=O)Nc1cc(Br)ccn1. The molecule has 0 spiro atoms. The van der Waals surface area contributed by atoms with Gasteiger partial charge in [0.2, 0.25) is 5.91 Å². The summed E-state index contributed by atoms with van der Waals surface area (Å²) >= 11 is 5.04. The van der Waals surface area contributed by atoms with Crippen LogP contribution in [0.2, 0.25) is 0 Å². The fourth-order valence-corrected chi connectivity index (χ4v) is 2.81. The van der Waals surface area contributed by atoms with Gasteiger partial charge in [-0.25, -0.2) is 4.98 Å². The number of nitrogens with zero attached hydrogens (tertiary/aromatic N) is 1. The molecule has 0 aromatic carbocycles. The molecule has 0 aliphatic rings. The minimum atomic E-state index is -0.00611. The van der Waals surface area contributed by atoms with Gasteiger partial charge in [0.25, 0.3) is 0 Å². The van der Waals surface area contributed by atoms with Crippen molar-refractivity contribution >= 4 is 39.0 Å². The Bertz CT molecular complexity index is 553. The summed E-state index contributed by atoms with van der Waals surface area (Å²) in [5.41, 5.74) is 1.26. The van der Waals surface area contributed by atoms with Crippen LogP contribution < -0.4 is 5.32 Å². The molecule has 2 aromatic rings. The Labute approximate surface area is 118 Å². The second kappa shape index (κ2) is 6.11. The van der Waals surface area contributed by atoms with Crippen LogP contribution in [0, 0.1) is 6.92 Å². The van der Waals surface area contributed by atoms with E-state index in [-0.39, 0.29) is 5.91 Å². The summed E-state index contributed by atoms with van der Waals surface area (Å²) in [6.45, 7) is 2.07. The van der Waals surface area contributed by atoms with Gasteiger partial charge in [-0.2, -0.15) is 0 Å². The molecule has 5 heteroatoms. The number of pyridine rings is 1. The molecule has 0 unspecified atom stereocenters. The fraction of sp³-hybridized carbons (Fsp3) is 0.231. The predicted octanol–water partition coefficient (Wildman–Crippen LogP) is 3.79. The Morgan fingerprint density at radius 2 is 2.33 bits per heavy atom. The summed E-state index contributed by atoms with van der Waals surface area (Å²) in [6.07, 6.45) is 2.92. The highest BCUT2D eigenvalue weighted by Gasteiger charge is 2.06. The van der Waals surface area contributed by atoms with E-state index < -0.39 is 0 Å². The molecule has 3 nitrogen and oxygen atoms in total. The molecule has 0 aliphatic carbocycles. The van der Waals surface area contributed by atoms with Crippen LogP contribution in [0.4, 0.5) is 5.82 Å². The van der Waals surface area contributed by atoms with Crippen molar-refractivity contribution in [3.8, 4) is 0 Å². The number of aryl methyl sites for hydroxylation is 2. The fourth-order valence-electron chi connectivity index (χ4n) is 1.57. The van der Waals surface area contributed by atoms with E-state index in [0.29, 0.717) is 12.2 Å². The number of halogens is 1. The maximum absolute atomic E-state index is 11.8. The van der Waals surface area contributed by atoms with E-state index in [2.05, 4.69) is 44.6 Å². The number of amides is 1. The Balaban J connectivity index is 1.88. The quantitative estimate of drug-likeness (QED) is 0.929. The number of rotatable bonds is 4. The van der Waals surface area contributed by atoms with Crippen molar-refractivity contribution in [2.24, 2.45) is 0 Å². The maximum atomic E-state index is 11.8. The summed E-state index contributed by atoms with van der Waals surface area (Å²) < 4.78 is 0.905. The van der Waals surface area contributed by atoms with E-state index in [1.54, 1.807) is 23.6 Å². The van der Waals surface area contributed by atoms with E-state index in [1.807, 2.05) is 6.07 Å². The van der Waals surface area contributed by atoms with Crippen LogP contribution in [0.5, 0.6) is 0 Å². The number of carbonyl (C=O) groups excluding carboxylic acids is 1. The lowest BCUT2D eigenvalue weighted by Gasteiger charge is -2.04. The standard InChI is InChI=1S/C13H13BrN2OS/c1-9-5-7-18-11(9)2-3-13(17)16-12-8-10(14)4-6-15-12/h4-8H,2-3H2,1H3,(H,15,16,17). The zero-order chi connectivity index (χ0) is 13.0. The van der Waals surface area contributed by atoms with Gasteiger partial charge in [-0.3, -0.25) is 4.79 Å². The summed E-state index contributed by atoms with van der Waals surface area (Å²) in [5.74, 6) is 0.575. The van der Waals surface area contributed by atoms with Gasteiger partial charge in [0.15, 0.2) is 0 Å². The third kappa shape index (κ3) is 3.65. The van der Waals surface area contributed by atoms with Gasteiger partial charge in [-0.15, -0.1) is 11.3 Å². The highest BCUT2D eigenvalue weighted by atomic mass is 79.9.